The number of benzene rings is 1. The molecule has 0 spiro atoms. The van der Waals surface area contributed by atoms with Crippen molar-refractivity contribution in [3.8, 4) is 5.75 Å². The Morgan fingerprint density at radius 3 is 2.06 bits per heavy atom. The maximum Gasteiger partial charge on any atom is 0.228 e. The van der Waals surface area contributed by atoms with Crippen LogP contribution in [0.15, 0.2) is 36.2 Å². The summed E-state index contributed by atoms with van der Waals surface area (Å²) in [5.74, 6) is 1.10. The maximum atomic E-state index is 13.4. The normalized spacial score (nSPS) is 28.0. The number of fused-ring (bicyclic) bond motifs is 3. The molecule has 3 aliphatic carbocycles. The van der Waals surface area contributed by atoms with Crippen molar-refractivity contribution in [3.05, 3.63) is 41.7 Å². The molecule has 32 heavy (non-hydrogen) atoms. The lowest BCUT2D eigenvalue weighted by Crippen LogP contribution is -2.57. The van der Waals surface area contributed by atoms with Crippen molar-refractivity contribution in [2.24, 2.45) is 11.1 Å². The number of rotatable bonds is 6. The van der Waals surface area contributed by atoms with Crippen LogP contribution in [0.3, 0.4) is 0 Å². The summed E-state index contributed by atoms with van der Waals surface area (Å²) < 4.78 is 18.3. The van der Waals surface area contributed by atoms with Gasteiger partial charge in [0, 0.05) is 50.6 Å². The predicted molar refractivity (Wildman–Crippen MR) is 121 cm³/mol. The van der Waals surface area contributed by atoms with Crippen molar-refractivity contribution in [3.63, 3.8) is 0 Å². The molecule has 1 aliphatic heterocycles. The minimum Gasteiger partial charge on any atom is -0.489 e. The zero-order chi connectivity index (χ0) is 22.8. The quantitative estimate of drug-likeness (QED) is 0.733. The third-order valence-corrected chi connectivity index (χ3v) is 8.02. The van der Waals surface area contributed by atoms with Crippen LogP contribution < -0.4 is 10.5 Å². The number of hydrogen-bond donors (Lipinski definition) is 1. The second-order valence-corrected chi connectivity index (χ2v) is 9.64. The molecule has 3 saturated carbocycles. The molecule has 5 rings (SSSR count). The van der Waals surface area contributed by atoms with Crippen LogP contribution in [0.4, 0.5) is 4.39 Å². The Bertz CT molecular complexity index is 850. The summed E-state index contributed by atoms with van der Waals surface area (Å²) in [7, 11) is 0. The van der Waals surface area contributed by atoms with Crippen LogP contribution in [-0.4, -0.2) is 60.9 Å². The summed E-state index contributed by atoms with van der Waals surface area (Å²) >= 11 is 0. The van der Waals surface area contributed by atoms with Gasteiger partial charge in [0.05, 0.1) is 6.33 Å². The van der Waals surface area contributed by atoms with Crippen molar-refractivity contribution in [2.45, 2.75) is 50.9 Å². The van der Waals surface area contributed by atoms with Crippen molar-refractivity contribution < 1.29 is 18.7 Å². The monoisotopic (exact) mass is 443 g/mol. The van der Waals surface area contributed by atoms with Crippen LogP contribution in [0, 0.1) is 5.41 Å². The smallest absolute Gasteiger partial charge is 0.228 e. The van der Waals surface area contributed by atoms with E-state index in [0.29, 0.717) is 49.7 Å². The molecule has 1 aromatic carbocycles. The highest BCUT2D eigenvalue weighted by molar-refractivity contribution is 5.84. The van der Waals surface area contributed by atoms with Gasteiger partial charge in [-0.15, -0.1) is 0 Å². The van der Waals surface area contributed by atoms with Gasteiger partial charge in [0.1, 0.15) is 12.4 Å². The van der Waals surface area contributed by atoms with Gasteiger partial charge in [-0.3, -0.25) is 9.59 Å². The lowest BCUT2D eigenvalue weighted by molar-refractivity contribution is -0.153. The molecule has 2 bridgehead atoms. The standard InChI is InChI=1S/C25H34FN3O3/c1-19(30)28-12-14-29(15-13-28)23(31)25-9-6-24(7-10-25,8-11-25)21-2-4-22(5-3-21)32-18-20(16-26)17-27/h2-5,16H,6-15,17-18,27H2,1H3/b20-16+. The zero-order valence-electron chi connectivity index (χ0n) is 18.9. The van der Waals surface area contributed by atoms with Crippen LogP contribution in [0.25, 0.3) is 0 Å². The molecule has 0 atom stereocenters. The second kappa shape index (κ2) is 9.22. The molecule has 1 saturated heterocycles. The number of nitrogens with two attached hydrogens (primary N) is 1. The van der Waals surface area contributed by atoms with E-state index in [-0.39, 0.29) is 29.9 Å². The topological polar surface area (TPSA) is 75.9 Å². The van der Waals surface area contributed by atoms with Crippen molar-refractivity contribution >= 4 is 11.8 Å². The van der Waals surface area contributed by atoms with Crippen molar-refractivity contribution in [1.82, 2.24) is 9.80 Å². The number of halogens is 1. The molecule has 0 unspecified atom stereocenters. The Hall–Kier alpha value is -2.41. The first-order chi connectivity index (χ1) is 15.4. The van der Waals surface area contributed by atoms with Crippen LogP contribution in [0.5, 0.6) is 5.75 Å². The van der Waals surface area contributed by atoms with Gasteiger partial charge in [-0.2, -0.15) is 0 Å². The zero-order valence-corrected chi connectivity index (χ0v) is 18.9. The van der Waals surface area contributed by atoms with Crippen LogP contribution in [0.2, 0.25) is 0 Å². The van der Waals surface area contributed by atoms with Gasteiger partial charge < -0.3 is 20.3 Å². The fourth-order valence-corrected chi connectivity index (χ4v) is 5.72. The number of piperazine rings is 1. The maximum absolute atomic E-state index is 13.4. The number of amides is 2. The summed E-state index contributed by atoms with van der Waals surface area (Å²) in [4.78, 5) is 28.8. The lowest BCUT2D eigenvalue weighted by Gasteiger charge is -2.54. The van der Waals surface area contributed by atoms with Crippen LogP contribution in [-0.2, 0) is 15.0 Å². The first kappa shape index (κ1) is 22.8. The Labute approximate surface area is 189 Å². The van der Waals surface area contributed by atoms with Gasteiger partial charge in [0.15, 0.2) is 0 Å². The van der Waals surface area contributed by atoms with E-state index in [1.165, 1.54) is 5.56 Å². The number of hydrogen-bond acceptors (Lipinski definition) is 4. The van der Waals surface area contributed by atoms with Gasteiger partial charge >= 0.3 is 0 Å². The average molecular weight is 444 g/mol. The lowest BCUT2D eigenvalue weighted by atomic mass is 9.51. The molecule has 4 fully saturated rings. The molecule has 174 valence electrons. The first-order valence-electron chi connectivity index (χ1n) is 11.7. The van der Waals surface area contributed by atoms with Gasteiger partial charge in [0.25, 0.3) is 0 Å². The molecule has 0 aromatic heterocycles. The van der Waals surface area contributed by atoms with Gasteiger partial charge in [-0.1, -0.05) is 12.1 Å². The van der Waals surface area contributed by atoms with Gasteiger partial charge in [0.2, 0.25) is 11.8 Å². The largest absolute Gasteiger partial charge is 0.489 e. The highest BCUT2D eigenvalue weighted by Crippen LogP contribution is 2.58. The molecule has 2 N–H and O–H groups in total. The summed E-state index contributed by atoms with van der Waals surface area (Å²) in [5.41, 5.74) is 7.12. The molecule has 1 heterocycles. The van der Waals surface area contributed by atoms with E-state index in [0.717, 1.165) is 38.5 Å². The highest BCUT2D eigenvalue weighted by atomic mass is 19.1. The summed E-state index contributed by atoms with van der Waals surface area (Å²) in [6, 6.07) is 8.15. The molecule has 2 amide bonds. The summed E-state index contributed by atoms with van der Waals surface area (Å²) in [6.07, 6.45) is 6.36. The Balaban J connectivity index is 1.36. The molecule has 6 nitrogen and oxygen atoms in total. The van der Waals surface area contributed by atoms with E-state index < -0.39 is 0 Å². The van der Waals surface area contributed by atoms with E-state index >= 15 is 0 Å². The van der Waals surface area contributed by atoms with E-state index in [1.54, 1.807) is 6.92 Å². The van der Waals surface area contributed by atoms with Crippen LogP contribution in [0.1, 0.15) is 51.0 Å². The number of carbonyl (C=O) groups excluding carboxylic acids is 2. The van der Waals surface area contributed by atoms with Gasteiger partial charge in [-0.25, -0.2) is 4.39 Å². The fraction of sp³-hybridized carbons (Fsp3) is 0.600. The summed E-state index contributed by atoms with van der Waals surface area (Å²) in [6.45, 7) is 4.47. The first-order valence-corrected chi connectivity index (χ1v) is 11.7. The van der Waals surface area contributed by atoms with E-state index in [9.17, 15) is 14.0 Å². The van der Waals surface area contributed by atoms with Crippen molar-refractivity contribution in [1.29, 1.82) is 0 Å². The molecule has 1 aromatic rings. The summed E-state index contributed by atoms with van der Waals surface area (Å²) in [5, 5.41) is 0. The minimum atomic E-state index is -0.222. The molecule has 0 radical (unpaired) electrons. The highest BCUT2D eigenvalue weighted by Gasteiger charge is 2.54. The van der Waals surface area contributed by atoms with E-state index in [4.69, 9.17) is 10.5 Å². The Morgan fingerprint density at radius 1 is 1.00 bits per heavy atom. The number of nitrogens with zero attached hydrogens (tertiary/aromatic N) is 2. The number of carbonyl (C=O) groups is 2. The van der Waals surface area contributed by atoms with E-state index in [2.05, 4.69) is 12.1 Å². The SMILES string of the molecule is CC(=O)N1CCN(C(=O)C23CCC(c4ccc(OC/C(=C/F)CN)cc4)(CC2)CC3)CC1. The minimum absolute atomic E-state index is 0.0884. The second-order valence-electron chi connectivity index (χ2n) is 9.64. The number of ether oxygens (including phenoxy) is 1. The third kappa shape index (κ3) is 4.27. The van der Waals surface area contributed by atoms with Crippen molar-refractivity contribution in [2.75, 3.05) is 39.3 Å². The predicted octanol–water partition coefficient (Wildman–Crippen LogP) is 3.16. The van der Waals surface area contributed by atoms with Crippen LogP contribution >= 0.6 is 0 Å². The average Bonchev–Trinajstić information content (AvgIpc) is 2.85. The Kier molecular flexibility index (Phi) is 6.56. The fourth-order valence-electron chi connectivity index (χ4n) is 5.72. The molecular formula is C25H34FN3O3. The molecule has 4 aliphatic rings. The third-order valence-electron chi connectivity index (χ3n) is 8.02. The Morgan fingerprint density at radius 2 is 1.56 bits per heavy atom. The molecule has 7 heteroatoms. The molecular weight excluding hydrogens is 409 g/mol. The van der Waals surface area contributed by atoms with E-state index in [1.807, 2.05) is 21.9 Å². The van der Waals surface area contributed by atoms with Gasteiger partial charge in [-0.05, 0) is 61.6 Å².